The molecule has 3 nitrogen and oxygen atoms in total. The summed E-state index contributed by atoms with van der Waals surface area (Å²) < 4.78 is 1.97. The SMILES string of the molecule is CNC(Cc1c(C)nn(C)c1C)c1ccccc1C. The number of hydrogen-bond acceptors (Lipinski definition) is 2. The van der Waals surface area contributed by atoms with E-state index in [0.717, 1.165) is 12.1 Å². The van der Waals surface area contributed by atoms with E-state index in [2.05, 4.69) is 55.5 Å². The molecule has 3 heteroatoms. The predicted octanol–water partition coefficient (Wildman–Crippen LogP) is 2.85. The second-order valence-corrected chi connectivity index (χ2v) is 5.17. The first-order chi connectivity index (χ1) is 9.04. The van der Waals surface area contributed by atoms with Crippen LogP contribution in [0.15, 0.2) is 24.3 Å². The van der Waals surface area contributed by atoms with Crippen LogP contribution in [0.25, 0.3) is 0 Å². The van der Waals surface area contributed by atoms with Crippen molar-refractivity contribution in [3.63, 3.8) is 0 Å². The van der Waals surface area contributed by atoms with E-state index in [9.17, 15) is 0 Å². The minimum absolute atomic E-state index is 0.336. The molecule has 0 spiro atoms. The van der Waals surface area contributed by atoms with E-state index >= 15 is 0 Å². The van der Waals surface area contributed by atoms with Crippen molar-refractivity contribution in [2.24, 2.45) is 7.05 Å². The summed E-state index contributed by atoms with van der Waals surface area (Å²) in [7, 11) is 4.03. The van der Waals surface area contributed by atoms with Gasteiger partial charge >= 0.3 is 0 Å². The van der Waals surface area contributed by atoms with Gasteiger partial charge in [0.1, 0.15) is 0 Å². The highest BCUT2D eigenvalue weighted by Gasteiger charge is 2.17. The molecule has 1 atom stereocenters. The molecule has 0 aliphatic heterocycles. The van der Waals surface area contributed by atoms with Gasteiger partial charge in [-0.05, 0) is 50.9 Å². The lowest BCUT2D eigenvalue weighted by Gasteiger charge is -2.19. The number of nitrogens with zero attached hydrogens (tertiary/aromatic N) is 2. The number of likely N-dealkylation sites (N-methyl/N-ethyl adjacent to an activating group) is 1. The largest absolute Gasteiger partial charge is 0.313 e. The van der Waals surface area contributed by atoms with Crippen LogP contribution in [0.3, 0.4) is 0 Å². The van der Waals surface area contributed by atoms with Gasteiger partial charge in [0.15, 0.2) is 0 Å². The molecule has 1 aromatic carbocycles. The molecular formula is C16H23N3. The molecule has 1 aromatic heterocycles. The van der Waals surface area contributed by atoms with Gasteiger partial charge in [0.25, 0.3) is 0 Å². The van der Waals surface area contributed by atoms with Crippen molar-refractivity contribution >= 4 is 0 Å². The monoisotopic (exact) mass is 257 g/mol. The van der Waals surface area contributed by atoms with Crippen LogP contribution in [0.1, 0.15) is 34.1 Å². The minimum atomic E-state index is 0.336. The van der Waals surface area contributed by atoms with Crippen LogP contribution in [0.5, 0.6) is 0 Å². The van der Waals surface area contributed by atoms with Gasteiger partial charge in [-0.15, -0.1) is 0 Å². The van der Waals surface area contributed by atoms with E-state index in [1.807, 2.05) is 18.8 Å². The molecule has 0 bridgehead atoms. The van der Waals surface area contributed by atoms with Gasteiger partial charge in [0, 0.05) is 18.8 Å². The Morgan fingerprint density at radius 3 is 2.42 bits per heavy atom. The van der Waals surface area contributed by atoms with Crippen LogP contribution >= 0.6 is 0 Å². The zero-order chi connectivity index (χ0) is 14.0. The first kappa shape index (κ1) is 13.8. The summed E-state index contributed by atoms with van der Waals surface area (Å²) in [6, 6.07) is 8.91. The first-order valence-corrected chi connectivity index (χ1v) is 6.76. The smallest absolute Gasteiger partial charge is 0.0629 e. The Morgan fingerprint density at radius 1 is 1.21 bits per heavy atom. The lowest BCUT2D eigenvalue weighted by molar-refractivity contribution is 0.585. The molecular weight excluding hydrogens is 234 g/mol. The second kappa shape index (κ2) is 5.57. The van der Waals surface area contributed by atoms with E-state index in [4.69, 9.17) is 0 Å². The normalized spacial score (nSPS) is 12.7. The Kier molecular flexibility index (Phi) is 4.05. The maximum Gasteiger partial charge on any atom is 0.0629 e. The topological polar surface area (TPSA) is 29.9 Å². The molecule has 1 heterocycles. The number of aromatic nitrogens is 2. The van der Waals surface area contributed by atoms with E-state index in [-0.39, 0.29) is 0 Å². The zero-order valence-electron chi connectivity index (χ0n) is 12.5. The fraction of sp³-hybridized carbons (Fsp3) is 0.438. The van der Waals surface area contributed by atoms with E-state index < -0.39 is 0 Å². The number of rotatable bonds is 4. The highest BCUT2D eigenvalue weighted by atomic mass is 15.3. The van der Waals surface area contributed by atoms with E-state index in [1.54, 1.807) is 0 Å². The Labute approximate surface area is 115 Å². The van der Waals surface area contributed by atoms with Crippen LogP contribution in [0.2, 0.25) is 0 Å². The summed E-state index contributed by atoms with van der Waals surface area (Å²) in [6.45, 7) is 6.40. The van der Waals surface area contributed by atoms with Gasteiger partial charge in [0.05, 0.1) is 5.69 Å². The Morgan fingerprint density at radius 2 is 1.89 bits per heavy atom. The Bertz CT molecular complexity index is 569. The predicted molar refractivity (Wildman–Crippen MR) is 79.4 cm³/mol. The van der Waals surface area contributed by atoms with Crippen LogP contribution in [0, 0.1) is 20.8 Å². The summed E-state index contributed by atoms with van der Waals surface area (Å²) >= 11 is 0. The molecule has 1 unspecified atom stereocenters. The average Bonchev–Trinajstić information content (AvgIpc) is 2.63. The zero-order valence-corrected chi connectivity index (χ0v) is 12.5. The molecule has 102 valence electrons. The lowest BCUT2D eigenvalue weighted by Crippen LogP contribution is -2.20. The van der Waals surface area contributed by atoms with Crippen molar-refractivity contribution in [3.8, 4) is 0 Å². The van der Waals surface area contributed by atoms with Gasteiger partial charge in [0.2, 0.25) is 0 Å². The molecule has 0 saturated heterocycles. The van der Waals surface area contributed by atoms with Crippen LogP contribution in [0.4, 0.5) is 0 Å². The number of nitrogens with one attached hydrogen (secondary N) is 1. The van der Waals surface area contributed by atoms with Crippen LogP contribution in [-0.4, -0.2) is 16.8 Å². The molecule has 2 rings (SSSR count). The molecule has 0 fully saturated rings. The Balaban J connectivity index is 2.32. The molecule has 0 radical (unpaired) electrons. The molecule has 0 aliphatic carbocycles. The van der Waals surface area contributed by atoms with Crippen molar-refractivity contribution in [1.82, 2.24) is 15.1 Å². The van der Waals surface area contributed by atoms with Gasteiger partial charge < -0.3 is 5.32 Å². The number of hydrogen-bond donors (Lipinski definition) is 1. The molecule has 2 aromatic rings. The van der Waals surface area contributed by atoms with Crippen LogP contribution < -0.4 is 5.32 Å². The molecule has 0 aliphatic rings. The number of aryl methyl sites for hydroxylation is 3. The highest BCUT2D eigenvalue weighted by molar-refractivity contribution is 5.32. The lowest BCUT2D eigenvalue weighted by atomic mass is 9.95. The molecule has 1 N–H and O–H groups in total. The second-order valence-electron chi connectivity index (χ2n) is 5.17. The van der Waals surface area contributed by atoms with E-state index in [0.29, 0.717) is 6.04 Å². The fourth-order valence-corrected chi connectivity index (χ4v) is 2.66. The van der Waals surface area contributed by atoms with Crippen LogP contribution in [-0.2, 0) is 13.5 Å². The number of benzene rings is 1. The van der Waals surface area contributed by atoms with Gasteiger partial charge in [-0.25, -0.2) is 0 Å². The third-order valence-corrected chi connectivity index (χ3v) is 3.98. The Hall–Kier alpha value is -1.61. The van der Waals surface area contributed by atoms with Crippen molar-refractivity contribution in [3.05, 3.63) is 52.3 Å². The molecule has 0 saturated carbocycles. The summed E-state index contributed by atoms with van der Waals surface area (Å²) in [6.07, 6.45) is 0.979. The fourth-order valence-electron chi connectivity index (χ4n) is 2.66. The maximum absolute atomic E-state index is 4.50. The van der Waals surface area contributed by atoms with Crippen molar-refractivity contribution in [2.45, 2.75) is 33.2 Å². The summed E-state index contributed by atoms with van der Waals surface area (Å²) in [4.78, 5) is 0. The maximum atomic E-state index is 4.50. The minimum Gasteiger partial charge on any atom is -0.313 e. The van der Waals surface area contributed by atoms with Gasteiger partial charge in [-0.3, -0.25) is 4.68 Å². The van der Waals surface area contributed by atoms with E-state index in [1.165, 1.54) is 22.4 Å². The van der Waals surface area contributed by atoms with Crippen molar-refractivity contribution in [1.29, 1.82) is 0 Å². The summed E-state index contributed by atoms with van der Waals surface area (Å²) in [5, 5.41) is 7.94. The quantitative estimate of drug-likeness (QED) is 0.912. The molecule has 19 heavy (non-hydrogen) atoms. The van der Waals surface area contributed by atoms with Gasteiger partial charge in [-0.1, -0.05) is 24.3 Å². The highest BCUT2D eigenvalue weighted by Crippen LogP contribution is 2.24. The summed E-state index contributed by atoms with van der Waals surface area (Å²) in [5.74, 6) is 0. The average molecular weight is 257 g/mol. The standard InChI is InChI=1S/C16H23N3/c1-11-8-6-7-9-14(11)16(17-4)10-15-12(2)18-19(5)13(15)3/h6-9,16-17H,10H2,1-5H3. The summed E-state index contributed by atoms with van der Waals surface area (Å²) in [5.41, 5.74) is 6.44. The third-order valence-electron chi connectivity index (χ3n) is 3.98. The third kappa shape index (κ3) is 2.71. The van der Waals surface area contributed by atoms with Crippen molar-refractivity contribution < 1.29 is 0 Å². The first-order valence-electron chi connectivity index (χ1n) is 6.76. The molecule has 0 amide bonds. The van der Waals surface area contributed by atoms with Gasteiger partial charge in [-0.2, -0.15) is 5.10 Å². The van der Waals surface area contributed by atoms with Crippen molar-refractivity contribution in [2.75, 3.05) is 7.05 Å².